The largest absolute Gasteiger partial charge is 0.463 e. The highest BCUT2D eigenvalue weighted by Crippen LogP contribution is 2.35. The van der Waals surface area contributed by atoms with Gasteiger partial charge >= 0.3 is 6.18 Å². The third-order valence-electron chi connectivity index (χ3n) is 3.45. The molecular formula is C17H10F3N3O. The highest BCUT2D eigenvalue weighted by molar-refractivity contribution is 5.81. The summed E-state index contributed by atoms with van der Waals surface area (Å²) in [6, 6.07) is 11.3. The molecule has 0 saturated carbocycles. The van der Waals surface area contributed by atoms with Crippen LogP contribution in [0.5, 0.6) is 0 Å². The fourth-order valence-electron chi connectivity index (χ4n) is 2.28. The number of nitriles is 1. The molecule has 0 bridgehead atoms. The van der Waals surface area contributed by atoms with Crippen LogP contribution in [-0.2, 0) is 6.18 Å². The Kier molecular flexibility index (Phi) is 3.73. The van der Waals surface area contributed by atoms with Gasteiger partial charge in [-0.25, -0.2) is 4.98 Å². The lowest BCUT2D eigenvalue weighted by Crippen LogP contribution is -2.04. The third-order valence-corrected chi connectivity index (χ3v) is 3.45. The van der Waals surface area contributed by atoms with Crippen molar-refractivity contribution in [1.82, 2.24) is 4.98 Å². The highest BCUT2D eigenvalue weighted by atomic mass is 19.4. The van der Waals surface area contributed by atoms with Crippen molar-refractivity contribution in [3.8, 4) is 28.7 Å². The maximum absolute atomic E-state index is 12.7. The standard InChI is InChI=1S/C17H10F3N3O/c18-17(19,20)12-5-3-10(4-6-12)13-8-11(9-21)16(22)23-15(13)14-2-1-7-24-14/h1-8H,(H2,22,23). The third kappa shape index (κ3) is 2.82. The van der Waals surface area contributed by atoms with Crippen LogP contribution < -0.4 is 5.73 Å². The lowest BCUT2D eigenvalue weighted by molar-refractivity contribution is -0.137. The number of nitrogens with zero attached hydrogens (tertiary/aromatic N) is 2. The Balaban J connectivity index is 2.18. The highest BCUT2D eigenvalue weighted by Gasteiger charge is 2.30. The van der Waals surface area contributed by atoms with Gasteiger partial charge in [-0.3, -0.25) is 0 Å². The van der Waals surface area contributed by atoms with Gasteiger partial charge in [0.05, 0.1) is 17.4 Å². The number of nitrogens with two attached hydrogens (primary N) is 1. The van der Waals surface area contributed by atoms with Gasteiger partial charge in [0.15, 0.2) is 5.76 Å². The Morgan fingerprint density at radius 3 is 2.38 bits per heavy atom. The number of nitrogen functional groups attached to an aromatic ring is 1. The van der Waals surface area contributed by atoms with Gasteiger partial charge in [0.25, 0.3) is 0 Å². The maximum Gasteiger partial charge on any atom is 0.416 e. The number of alkyl halides is 3. The van der Waals surface area contributed by atoms with Gasteiger partial charge in [-0.05, 0) is 35.9 Å². The Bertz CT molecular complexity index is 908. The van der Waals surface area contributed by atoms with E-state index in [1.54, 1.807) is 12.1 Å². The van der Waals surface area contributed by atoms with Gasteiger partial charge in [0, 0.05) is 5.56 Å². The molecule has 3 rings (SSSR count). The molecule has 0 saturated heterocycles. The van der Waals surface area contributed by atoms with E-state index < -0.39 is 11.7 Å². The number of benzene rings is 1. The number of aromatic nitrogens is 1. The molecule has 24 heavy (non-hydrogen) atoms. The first-order chi connectivity index (χ1) is 11.4. The Labute approximate surface area is 135 Å². The number of furan rings is 1. The minimum Gasteiger partial charge on any atom is -0.463 e. The van der Waals surface area contributed by atoms with Crippen LogP contribution in [-0.4, -0.2) is 4.98 Å². The van der Waals surface area contributed by atoms with Crippen LogP contribution >= 0.6 is 0 Å². The van der Waals surface area contributed by atoms with E-state index in [9.17, 15) is 13.2 Å². The van der Waals surface area contributed by atoms with E-state index in [1.807, 2.05) is 6.07 Å². The summed E-state index contributed by atoms with van der Waals surface area (Å²) in [5.74, 6) is 0.431. The molecule has 7 heteroatoms. The molecule has 3 aromatic rings. The molecule has 0 aliphatic rings. The van der Waals surface area contributed by atoms with Crippen molar-refractivity contribution >= 4 is 5.82 Å². The minimum atomic E-state index is -4.42. The quantitative estimate of drug-likeness (QED) is 0.752. The normalized spacial score (nSPS) is 11.2. The molecule has 0 spiro atoms. The van der Waals surface area contributed by atoms with E-state index in [1.165, 1.54) is 24.5 Å². The van der Waals surface area contributed by atoms with Crippen LogP contribution in [0.4, 0.5) is 19.0 Å². The molecule has 0 unspecified atom stereocenters. The second-order valence-corrected chi connectivity index (χ2v) is 4.98. The monoisotopic (exact) mass is 329 g/mol. The van der Waals surface area contributed by atoms with Crippen LogP contribution in [0.3, 0.4) is 0 Å². The van der Waals surface area contributed by atoms with Gasteiger partial charge in [-0.2, -0.15) is 18.4 Å². The zero-order valence-corrected chi connectivity index (χ0v) is 12.1. The second-order valence-electron chi connectivity index (χ2n) is 4.98. The summed E-state index contributed by atoms with van der Waals surface area (Å²) in [5.41, 5.74) is 6.42. The summed E-state index contributed by atoms with van der Waals surface area (Å²) in [5, 5.41) is 9.12. The first-order valence-corrected chi connectivity index (χ1v) is 6.82. The molecular weight excluding hydrogens is 319 g/mol. The summed E-state index contributed by atoms with van der Waals surface area (Å²) < 4.78 is 43.4. The van der Waals surface area contributed by atoms with Gasteiger partial charge in [-0.1, -0.05) is 12.1 Å². The summed E-state index contributed by atoms with van der Waals surface area (Å²) in [6.45, 7) is 0. The Morgan fingerprint density at radius 1 is 1.12 bits per heavy atom. The lowest BCUT2D eigenvalue weighted by Gasteiger charge is -2.11. The molecule has 0 aliphatic carbocycles. The van der Waals surface area contributed by atoms with Gasteiger partial charge in [0.1, 0.15) is 17.6 Å². The first kappa shape index (κ1) is 15.6. The molecule has 0 amide bonds. The van der Waals surface area contributed by atoms with Crippen molar-refractivity contribution in [2.75, 3.05) is 5.73 Å². The summed E-state index contributed by atoms with van der Waals surface area (Å²) in [4.78, 5) is 4.17. The zero-order valence-electron chi connectivity index (χ0n) is 12.1. The van der Waals surface area contributed by atoms with Gasteiger partial charge in [-0.15, -0.1) is 0 Å². The molecule has 2 N–H and O–H groups in total. The van der Waals surface area contributed by atoms with Crippen LogP contribution in [0, 0.1) is 11.3 Å². The fraction of sp³-hybridized carbons (Fsp3) is 0.0588. The van der Waals surface area contributed by atoms with Gasteiger partial charge < -0.3 is 10.2 Å². The average molecular weight is 329 g/mol. The van der Waals surface area contributed by atoms with Crippen molar-refractivity contribution in [3.63, 3.8) is 0 Å². The SMILES string of the molecule is N#Cc1cc(-c2ccc(C(F)(F)F)cc2)c(-c2ccco2)nc1N. The number of rotatable bonds is 2. The number of hydrogen-bond donors (Lipinski definition) is 1. The van der Waals surface area contributed by atoms with Crippen molar-refractivity contribution in [2.24, 2.45) is 0 Å². The lowest BCUT2D eigenvalue weighted by atomic mass is 9.99. The van der Waals surface area contributed by atoms with Gasteiger partial charge in [0.2, 0.25) is 0 Å². The van der Waals surface area contributed by atoms with E-state index in [0.29, 0.717) is 22.6 Å². The second kappa shape index (κ2) is 5.74. The van der Waals surface area contributed by atoms with E-state index in [0.717, 1.165) is 12.1 Å². The summed E-state index contributed by atoms with van der Waals surface area (Å²) >= 11 is 0. The molecule has 0 fully saturated rings. The average Bonchev–Trinajstić information content (AvgIpc) is 3.08. The van der Waals surface area contributed by atoms with Crippen LogP contribution in [0.25, 0.3) is 22.6 Å². The summed E-state index contributed by atoms with van der Waals surface area (Å²) in [7, 11) is 0. The van der Waals surface area contributed by atoms with E-state index in [-0.39, 0.29) is 11.4 Å². The van der Waals surface area contributed by atoms with Crippen molar-refractivity contribution in [1.29, 1.82) is 5.26 Å². The van der Waals surface area contributed by atoms with Crippen molar-refractivity contribution in [2.45, 2.75) is 6.18 Å². The van der Waals surface area contributed by atoms with E-state index in [4.69, 9.17) is 15.4 Å². The Morgan fingerprint density at radius 2 is 1.83 bits per heavy atom. The molecule has 4 nitrogen and oxygen atoms in total. The fourth-order valence-corrected chi connectivity index (χ4v) is 2.28. The van der Waals surface area contributed by atoms with Crippen molar-refractivity contribution < 1.29 is 17.6 Å². The molecule has 0 radical (unpaired) electrons. The van der Waals surface area contributed by atoms with Crippen LogP contribution in [0.15, 0.2) is 53.1 Å². The topological polar surface area (TPSA) is 75.8 Å². The van der Waals surface area contributed by atoms with Crippen LogP contribution in [0.1, 0.15) is 11.1 Å². The van der Waals surface area contributed by atoms with E-state index >= 15 is 0 Å². The zero-order chi connectivity index (χ0) is 17.3. The first-order valence-electron chi connectivity index (χ1n) is 6.82. The smallest absolute Gasteiger partial charge is 0.416 e. The predicted molar refractivity (Wildman–Crippen MR) is 81.5 cm³/mol. The Hall–Kier alpha value is -3.27. The molecule has 120 valence electrons. The maximum atomic E-state index is 12.7. The predicted octanol–water partition coefficient (Wildman–Crippen LogP) is 4.48. The number of anilines is 1. The molecule has 2 aromatic heterocycles. The number of pyridine rings is 1. The molecule has 1 aromatic carbocycles. The number of hydrogen-bond acceptors (Lipinski definition) is 4. The number of halogens is 3. The molecule has 0 atom stereocenters. The van der Waals surface area contributed by atoms with Crippen molar-refractivity contribution in [3.05, 3.63) is 59.9 Å². The molecule has 2 heterocycles. The molecule has 0 aliphatic heterocycles. The van der Waals surface area contributed by atoms with E-state index in [2.05, 4.69) is 4.98 Å². The van der Waals surface area contributed by atoms with Crippen LogP contribution in [0.2, 0.25) is 0 Å². The summed E-state index contributed by atoms with van der Waals surface area (Å²) in [6.07, 6.45) is -2.97. The minimum absolute atomic E-state index is 0.0274.